The van der Waals surface area contributed by atoms with Gasteiger partial charge in [-0.1, -0.05) is 30.3 Å². The number of ether oxygens (including phenoxy) is 2. The third-order valence-electron chi connectivity index (χ3n) is 3.65. The van der Waals surface area contributed by atoms with E-state index in [2.05, 4.69) is 0 Å². The molecule has 1 fully saturated rings. The first kappa shape index (κ1) is 16.0. The minimum Gasteiger partial charge on any atom is -0.444 e. The molecule has 4 nitrogen and oxygen atoms in total. The van der Waals surface area contributed by atoms with Gasteiger partial charge in [0.05, 0.1) is 6.61 Å². The predicted octanol–water partition coefficient (Wildman–Crippen LogP) is 4.59. The average molecular weight is 331 g/mol. The Morgan fingerprint density at radius 1 is 1.17 bits per heavy atom. The number of carbonyl (C=O) groups excluding carboxylic acids is 1. The van der Waals surface area contributed by atoms with Gasteiger partial charge in [-0.05, 0) is 37.5 Å². The largest absolute Gasteiger partial charge is 0.444 e. The number of benzene rings is 1. The molecule has 1 aliphatic rings. The maximum absolute atomic E-state index is 12.5. The van der Waals surface area contributed by atoms with E-state index < -0.39 is 0 Å². The zero-order valence-corrected chi connectivity index (χ0v) is 14.1. The molecule has 1 amide bonds. The molecule has 0 atom stereocenters. The molecule has 0 bridgehead atoms. The summed E-state index contributed by atoms with van der Waals surface area (Å²) in [7, 11) is 0. The predicted molar refractivity (Wildman–Crippen MR) is 91.8 cm³/mol. The van der Waals surface area contributed by atoms with Crippen LogP contribution in [0.3, 0.4) is 0 Å². The molecular weight excluding hydrogens is 310 g/mol. The first-order chi connectivity index (χ1) is 11.3. The molecule has 1 saturated carbocycles. The van der Waals surface area contributed by atoms with Crippen LogP contribution in [-0.4, -0.2) is 18.7 Å². The number of carbonyl (C=O) groups is 1. The number of anilines is 1. The summed E-state index contributed by atoms with van der Waals surface area (Å²) < 4.78 is 10.9. The van der Waals surface area contributed by atoms with Crippen LogP contribution in [-0.2, 0) is 22.7 Å². The number of thiophene rings is 1. The molecule has 122 valence electrons. The maximum Gasteiger partial charge on any atom is 0.415 e. The zero-order chi connectivity index (χ0) is 16.1. The highest BCUT2D eigenvalue weighted by molar-refractivity contribution is 7.16. The van der Waals surface area contributed by atoms with Gasteiger partial charge < -0.3 is 9.47 Å². The van der Waals surface area contributed by atoms with E-state index in [1.165, 1.54) is 0 Å². The molecule has 0 spiro atoms. The zero-order valence-electron chi connectivity index (χ0n) is 13.2. The van der Waals surface area contributed by atoms with Gasteiger partial charge in [0.15, 0.2) is 0 Å². The van der Waals surface area contributed by atoms with Gasteiger partial charge in [0.2, 0.25) is 0 Å². The number of nitrogens with zero attached hydrogens (tertiary/aromatic N) is 1. The van der Waals surface area contributed by atoms with Crippen LogP contribution >= 0.6 is 11.3 Å². The Labute approximate surface area is 140 Å². The van der Waals surface area contributed by atoms with Crippen LogP contribution in [0.4, 0.5) is 9.80 Å². The van der Waals surface area contributed by atoms with Gasteiger partial charge in [0.25, 0.3) is 0 Å². The van der Waals surface area contributed by atoms with Crippen LogP contribution in [0, 0.1) is 0 Å². The van der Waals surface area contributed by atoms with Crippen molar-refractivity contribution in [2.45, 2.75) is 39.0 Å². The molecule has 1 aromatic heterocycles. The first-order valence-corrected chi connectivity index (χ1v) is 8.76. The van der Waals surface area contributed by atoms with E-state index in [9.17, 15) is 4.79 Å². The third-order valence-corrected chi connectivity index (χ3v) is 4.71. The average Bonchev–Trinajstić information content (AvgIpc) is 3.30. The summed E-state index contributed by atoms with van der Waals surface area (Å²) in [6.45, 7) is 3.57. The van der Waals surface area contributed by atoms with E-state index in [1.54, 1.807) is 16.2 Å². The molecule has 23 heavy (non-hydrogen) atoms. The fourth-order valence-electron chi connectivity index (χ4n) is 2.32. The Hall–Kier alpha value is -1.85. The van der Waals surface area contributed by atoms with Crippen molar-refractivity contribution in [3.05, 3.63) is 52.9 Å². The Morgan fingerprint density at radius 3 is 2.65 bits per heavy atom. The second-order valence-corrected chi connectivity index (χ2v) is 6.67. The van der Waals surface area contributed by atoms with E-state index in [1.807, 2.05) is 49.4 Å². The summed E-state index contributed by atoms with van der Waals surface area (Å²) in [5, 5.41) is 0.945. The van der Waals surface area contributed by atoms with E-state index in [-0.39, 0.29) is 12.1 Å². The minimum absolute atomic E-state index is 0.263. The van der Waals surface area contributed by atoms with Gasteiger partial charge >= 0.3 is 6.09 Å². The summed E-state index contributed by atoms with van der Waals surface area (Å²) in [6, 6.07) is 14.0. The number of amides is 1. The summed E-state index contributed by atoms with van der Waals surface area (Å²) in [5.74, 6) is 0. The highest BCUT2D eigenvalue weighted by atomic mass is 32.1. The molecule has 0 unspecified atom stereocenters. The fraction of sp³-hybridized carbons (Fsp3) is 0.389. The van der Waals surface area contributed by atoms with Gasteiger partial charge in [-0.2, -0.15) is 0 Å². The third kappa shape index (κ3) is 4.33. The van der Waals surface area contributed by atoms with Crippen LogP contribution in [0.15, 0.2) is 42.5 Å². The van der Waals surface area contributed by atoms with Crippen molar-refractivity contribution >= 4 is 22.4 Å². The van der Waals surface area contributed by atoms with Gasteiger partial charge in [0, 0.05) is 17.5 Å². The SMILES string of the molecule is CCOCc1ccc(N(C(=O)OCc2ccccc2)C2CC2)s1. The molecular formula is C18H21NO3S. The van der Waals surface area contributed by atoms with Crippen LogP contribution < -0.4 is 4.90 Å². The van der Waals surface area contributed by atoms with Crippen LogP contribution in [0.2, 0.25) is 0 Å². The molecule has 2 aromatic rings. The van der Waals surface area contributed by atoms with Crippen LogP contribution in [0.5, 0.6) is 0 Å². The van der Waals surface area contributed by atoms with Gasteiger partial charge in [-0.15, -0.1) is 11.3 Å². The molecule has 0 N–H and O–H groups in total. The highest BCUT2D eigenvalue weighted by Crippen LogP contribution is 2.36. The fourth-order valence-corrected chi connectivity index (χ4v) is 3.32. The summed E-state index contributed by atoms with van der Waals surface area (Å²) >= 11 is 1.60. The van der Waals surface area contributed by atoms with Crippen molar-refractivity contribution in [1.82, 2.24) is 0 Å². The molecule has 0 aliphatic heterocycles. The van der Waals surface area contributed by atoms with Crippen molar-refractivity contribution < 1.29 is 14.3 Å². The molecule has 1 heterocycles. The van der Waals surface area contributed by atoms with Gasteiger partial charge in [-0.25, -0.2) is 4.79 Å². The van der Waals surface area contributed by atoms with E-state index in [4.69, 9.17) is 9.47 Å². The van der Waals surface area contributed by atoms with Crippen molar-refractivity contribution in [2.24, 2.45) is 0 Å². The van der Waals surface area contributed by atoms with E-state index in [0.29, 0.717) is 19.8 Å². The second kappa shape index (κ2) is 7.62. The topological polar surface area (TPSA) is 38.8 Å². The van der Waals surface area contributed by atoms with Gasteiger partial charge in [0.1, 0.15) is 11.6 Å². The summed E-state index contributed by atoms with van der Waals surface area (Å²) in [6.07, 6.45) is 1.82. The van der Waals surface area contributed by atoms with Crippen molar-refractivity contribution in [3.8, 4) is 0 Å². The molecule has 1 aliphatic carbocycles. The quantitative estimate of drug-likeness (QED) is 0.745. The first-order valence-electron chi connectivity index (χ1n) is 7.94. The molecule has 0 saturated heterocycles. The number of hydrogen-bond donors (Lipinski definition) is 0. The molecule has 5 heteroatoms. The second-order valence-electron chi connectivity index (χ2n) is 5.52. The van der Waals surface area contributed by atoms with E-state index >= 15 is 0 Å². The maximum atomic E-state index is 12.5. The Balaban J connectivity index is 1.64. The Kier molecular flexibility index (Phi) is 5.31. The lowest BCUT2D eigenvalue weighted by molar-refractivity contribution is 0.136. The van der Waals surface area contributed by atoms with Crippen LogP contribution in [0.25, 0.3) is 0 Å². The lowest BCUT2D eigenvalue weighted by Crippen LogP contribution is -2.32. The van der Waals surface area contributed by atoms with Gasteiger partial charge in [-0.3, -0.25) is 4.90 Å². The summed E-state index contributed by atoms with van der Waals surface area (Å²) in [5.41, 5.74) is 1.000. The number of rotatable bonds is 7. The molecule has 0 radical (unpaired) electrons. The lowest BCUT2D eigenvalue weighted by atomic mass is 10.2. The smallest absolute Gasteiger partial charge is 0.415 e. The Morgan fingerprint density at radius 2 is 1.96 bits per heavy atom. The molecule has 1 aromatic carbocycles. The number of hydrogen-bond acceptors (Lipinski definition) is 4. The van der Waals surface area contributed by atoms with Crippen molar-refractivity contribution in [1.29, 1.82) is 0 Å². The highest BCUT2D eigenvalue weighted by Gasteiger charge is 2.35. The van der Waals surface area contributed by atoms with Crippen molar-refractivity contribution in [3.63, 3.8) is 0 Å². The Bertz CT molecular complexity index is 637. The lowest BCUT2D eigenvalue weighted by Gasteiger charge is -2.20. The monoisotopic (exact) mass is 331 g/mol. The van der Waals surface area contributed by atoms with Crippen molar-refractivity contribution in [2.75, 3.05) is 11.5 Å². The standard InChI is InChI=1S/C18H21NO3S/c1-2-21-13-16-10-11-17(23-16)19(15-8-9-15)18(20)22-12-14-6-4-3-5-7-14/h3-7,10-11,15H,2,8-9,12-13H2,1H3. The van der Waals surface area contributed by atoms with Crippen LogP contribution in [0.1, 0.15) is 30.2 Å². The molecule has 3 rings (SSSR count). The summed E-state index contributed by atoms with van der Waals surface area (Å²) in [4.78, 5) is 15.4. The minimum atomic E-state index is -0.263. The van der Waals surface area contributed by atoms with E-state index in [0.717, 1.165) is 28.3 Å². The normalized spacial score (nSPS) is 13.8.